The van der Waals surface area contributed by atoms with Gasteiger partial charge in [-0.2, -0.15) is 0 Å². The molecule has 3 aromatic carbocycles. The zero-order valence-corrected chi connectivity index (χ0v) is 31.1. The monoisotopic (exact) mass is 702 g/mol. The second kappa shape index (κ2) is 13.2. The summed E-state index contributed by atoms with van der Waals surface area (Å²) in [6.45, 7) is 12.9. The fourth-order valence-electron chi connectivity index (χ4n) is 8.78. The van der Waals surface area contributed by atoms with Crippen LogP contribution in [0.3, 0.4) is 0 Å². The van der Waals surface area contributed by atoms with Gasteiger partial charge < -0.3 is 14.8 Å². The zero-order chi connectivity index (χ0) is 37.1. The number of aryl methyl sites for hydroxylation is 1. The third-order valence-electron chi connectivity index (χ3n) is 11.5. The molecule has 0 spiro atoms. The molecule has 0 saturated carbocycles. The Morgan fingerprint density at radius 1 is 0.885 bits per heavy atom. The summed E-state index contributed by atoms with van der Waals surface area (Å²) < 4.78 is 2.45. The van der Waals surface area contributed by atoms with Gasteiger partial charge in [-0.3, -0.25) is 9.59 Å². The molecule has 52 heavy (non-hydrogen) atoms. The fourth-order valence-corrected chi connectivity index (χ4v) is 8.78. The van der Waals surface area contributed by atoms with E-state index in [-0.39, 0.29) is 30.2 Å². The quantitative estimate of drug-likeness (QED) is 0.178. The molecule has 7 rings (SSSR count). The van der Waals surface area contributed by atoms with E-state index in [2.05, 4.69) is 81.5 Å². The molecule has 1 aliphatic carbocycles. The number of amides is 2. The highest BCUT2D eigenvalue weighted by Crippen LogP contribution is 2.44. The lowest BCUT2D eigenvalue weighted by Crippen LogP contribution is -2.51. The second-order valence-corrected chi connectivity index (χ2v) is 15.8. The summed E-state index contributed by atoms with van der Waals surface area (Å²) in [5, 5.41) is 13.2. The van der Waals surface area contributed by atoms with E-state index in [4.69, 9.17) is 4.84 Å². The van der Waals surface area contributed by atoms with Crippen molar-refractivity contribution in [3.05, 3.63) is 104 Å². The largest absolute Gasteiger partial charge is 0.478 e. The van der Waals surface area contributed by atoms with Crippen LogP contribution < -0.4 is 20.1 Å². The Hall–Kier alpha value is -5.05. The molecule has 3 aliphatic heterocycles. The maximum atomic E-state index is 12.7. The number of hydrogen-bond donors (Lipinski definition) is 1. The van der Waals surface area contributed by atoms with E-state index in [0.29, 0.717) is 17.0 Å². The van der Waals surface area contributed by atoms with Crippen molar-refractivity contribution in [2.24, 2.45) is 0 Å². The summed E-state index contributed by atoms with van der Waals surface area (Å²) in [7, 11) is 2.16. The molecular weight excluding hydrogens is 654 g/mol. The van der Waals surface area contributed by atoms with Gasteiger partial charge >= 0.3 is 11.9 Å². The molecule has 0 aromatic heterocycles. The number of aromatic carboxylic acids is 1. The Labute approximate surface area is 304 Å². The fraction of sp³-hybridized carbons (Fsp3) is 0.419. The van der Waals surface area contributed by atoms with Gasteiger partial charge in [0.15, 0.2) is 5.54 Å². The third kappa shape index (κ3) is 6.03. The first-order valence-corrected chi connectivity index (χ1v) is 18.5. The number of fused-ring (bicyclic) bond motifs is 4. The van der Waals surface area contributed by atoms with Gasteiger partial charge in [-0.05, 0) is 107 Å². The Morgan fingerprint density at radius 2 is 1.62 bits per heavy atom. The maximum absolute atomic E-state index is 12.7. The van der Waals surface area contributed by atoms with Crippen LogP contribution in [-0.4, -0.2) is 59.6 Å². The topological polar surface area (TPSA) is 107 Å². The highest BCUT2D eigenvalue weighted by atomic mass is 16.7. The Morgan fingerprint density at radius 3 is 2.35 bits per heavy atom. The molecule has 1 saturated heterocycles. The first-order chi connectivity index (χ1) is 24.7. The van der Waals surface area contributed by atoms with Crippen molar-refractivity contribution in [1.29, 1.82) is 0 Å². The molecule has 1 N–H and O–H groups in total. The van der Waals surface area contributed by atoms with Gasteiger partial charge in [0.05, 0.1) is 5.56 Å². The number of rotatable bonds is 9. The van der Waals surface area contributed by atoms with E-state index < -0.39 is 23.8 Å². The highest BCUT2D eigenvalue weighted by molar-refractivity contribution is 6.01. The number of allylic oxidation sites excluding steroid dienone is 1. The predicted octanol–water partition coefficient (Wildman–Crippen LogP) is 5.51. The second-order valence-electron chi connectivity index (χ2n) is 15.8. The van der Waals surface area contributed by atoms with Gasteiger partial charge in [0.2, 0.25) is 5.36 Å². The van der Waals surface area contributed by atoms with E-state index in [0.717, 1.165) is 77.2 Å². The summed E-state index contributed by atoms with van der Waals surface area (Å²) in [5.41, 5.74) is 9.64. The molecule has 3 aromatic rings. The van der Waals surface area contributed by atoms with E-state index in [1.807, 2.05) is 12.1 Å². The van der Waals surface area contributed by atoms with Gasteiger partial charge in [0.25, 0.3) is 11.8 Å². The van der Waals surface area contributed by atoms with Gasteiger partial charge in [-0.25, -0.2) is 14.2 Å². The first-order valence-electron chi connectivity index (χ1n) is 18.5. The lowest BCUT2D eigenvalue weighted by atomic mass is 9.67. The Balaban J connectivity index is 1.33. The summed E-state index contributed by atoms with van der Waals surface area (Å²) in [5.74, 6) is -2.45. The molecule has 0 bridgehead atoms. The third-order valence-corrected chi connectivity index (χ3v) is 11.5. The number of anilines is 1. The van der Waals surface area contributed by atoms with Crippen molar-refractivity contribution < 1.29 is 29.1 Å². The van der Waals surface area contributed by atoms with Gasteiger partial charge in [-0.15, -0.1) is 5.06 Å². The van der Waals surface area contributed by atoms with Crippen LogP contribution in [0, 0.1) is 0 Å². The SMILES string of the molecule is CC1=CC(C)(C)[N+](CCCCCC(=O)ON2C(=O)CCC2=O)=c2cc3c(cc21)=C(c1ccccc1C(=O)O)c1cc2c(cc1C3(C)C)N(C)CCC2. The molecular formula is C43H48N3O6+. The Kier molecular flexibility index (Phi) is 8.96. The van der Waals surface area contributed by atoms with Crippen molar-refractivity contribution in [2.45, 2.75) is 96.9 Å². The van der Waals surface area contributed by atoms with E-state index in [1.54, 1.807) is 12.1 Å². The average molecular weight is 703 g/mol. The molecule has 9 nitrogen and oxygen atoms in total. The maximum Gasteiger partial charge on any atom is 0.336 e. The standard InChI is InChI=1S/C43H47N3O6/c1-26-25-42(2,3)45(20-11-7-8-16-39(49)52-46-37(47)17-18-38(46)48)36-24-34-32(22-30(26)36)40(28-14-9-10-15-29(28)41(50)51)31-21-27-13-12-19-44(6)35(27)23-33(31)43(34,4)5/h9-10,14-15,21-25H,7-8,11-13,16-20H2,1-6H3/p+1. The molecule has 0 radical (unpaired) electrons. The van der Waals surface area contributed by atoms with Crippen LogP contribution in [0.25, 0.3) is 11.1 Å². The van der Waals surface area contributed by atoms with Crippen LogP contribution in [0.15, 0.2) is 54.6 Å². The number of carboxylic acid groups (broad SMARTS) is 1. The van der Waals surface area contributed by atoms with Crippen molar-refractivity contribution in [1.82, 2.24) is 9.64 Å². The average Bonchev–Trinajstić information content (AvgIpc) is 3.40. The summed E-state index contributed by atoms with van der Waals surface area (Å²) in [6, 6.07) is 16.7. The summed E-state index contributed by atoms with van der Waals surface area (Å²) in [4.78, 5) is 56.2. The number of unbranched alkanes of at least 4 members (excludes halogenated alkanes) is 2. The number of imide groups is 1. The molecule has 0 atom stereocenters. The number of hydroxylamine groups is 2. The smallest absolute Gasteiger partial charge is 0.336 e. The molecule has 0 unspecified atom stereocenters. The van der Waals surface area contributed by atoms with E-state index >= 15 is 0 Å². The van der Waals surface area contributed by atoms with Gasteiger partial charge in [-0.1, -0.05) is 32.0 Å². The van der Waals surface area contributed by atoms with Crippen LogP contribution in [0.2, 0.25) is 0 Å². The molecule has 3 heterocycles. The van der Waals surface area contributed by atoms with E-state index in [9.17, 15) is 24.3 Å². The minimum atomic E-state index is -0.943. The normalized spacial score (nSPS) is 18.4. The van der Waals surface area contributed by atoms with Crippen molar-refractivity contribution >= 4 is 40.6 Å². The van der Waals surface area contributed by atoms with Crippen LogP contribution in [0.4, 0.5) is 5.69 Å². The van der Waals surface area contributed by atoms with Gasteiger partial charge in [0.1, 0.15) is 6.54 Å². The number of carboxylic acids is 1. The lowest BCUT2D eigenvalue weighted by molar-refractivity contribution is -0.197. The molecule has 1 fully saturated rings. The van der Waals surface area contributed by atoms with Crippen LogP contribution in [0.5, 0.6) is 0 Å². The summed E-state index contributed by atoms with van der Waals surface area (Å²) >= 11 is 0. The number of hydrogen-bond acceptors (Lipinski definition) is 6. The van der Waals surface area contributed by atoms with Crippen LogP contribution in [-0.2, 0) is 31.1 Å². The molecule has 4 aliphatic rings. The summed E-state index contributed by atoms with van der Waals surface area (Å²) in [6.07, 6.45) is 6.85. The minimum Gasteiger partial charge on any atom is -0.478 e. The molecule has 270 valence electrons. The van der Waals surface area contributed by atoms with Crippen molar-refractivity contribution in [2.75, 3.05) is 25.0 Å². The van der Waals surface area contributed by atoms with Gasteiger partial charge in [0, 0.05) is 75.9 Å². The lowest BCUT2D eigenvalue weighted by Gasteiger charge is -2.38. The molecule has 2 amide bonds. The minimum absolute atomic E-state index is 0.0777. The zero-order valence-electron chi connectivity index (χ0n) is 31.1. The van der Waals surface area contributed by atoms with Crippen LogP contribution in [0.1, 0.15) is 123 Å². The number of carbonyl (C=O) groups is 4. The number of nitrogens with zero attached hydrogens (tertiary/aromatic N) is 3. The van der Waals surface area contributed by atoms with E-state index in [1.165, 1.54) is 22.4 Å². The van der Waals surface area contributed by atoms with Crippen molar-refractivity contribution in [3.63, 3.8) is 0 Å². The number of carbonyl (C=O) groups excluding carboxylic acids is 3. The molecule has 9 heteroatoms. The highest BCUT2D eigenvalue weighted by Gasteiger charge is 2.39. The predicted molar refractivity (Wildman–Crippen MR) is 200 cm³/mol. The first kappa shape index (κ1) is 35.4. The Bertz CT molecular complexity index is 2200. The van der Waals surface area contributed by atoms with Crippen molar-refractivity contribution in [3.8, 4) is 0 Å². The number of benzene rings is 3. The van der Waals surface area contributed by atoms with Crippen LogP contribution >= 0.6 is 0 Å².